The van der Waals surface area contributed by atoms with Gasteiger partial charge in [-0.1, -0.05) is 18.2 Å². The Hall–Kier alpha value is -3.52. The van der Waals surface area contributed by atoms with E-state index in [4.69, 9.17) is 22.1 Å². The average Bonchev–Trinajstić information content (AvgIpc) is 2.67. The first-order chi connectivity index (χ1) is 13.4. The van der Waals surface area contributed by atoms with Crippen LogP contribution >= 0.6 is 12.2 Å². The van der Waals surface area contributed by atoms with Crippen molar-refractivity contribution in [1.29, 1.82) is 0 Å². The molecule has 1 aliphatic rings. The zero-order valence-electron chi connectivity index (χ0n) is 14.8. The van der Waals surface area contributed by atoms with Gasteiger partial charge >= 0.3 is 5.97 Å². The molecule has 0 aromatic heterocycles. The van der Waals surface area contributed by atoms with Crippen LogP contribution in [0.4, 0.5) is 5.69 Å². The number of rotatable bonds is 5. The monoisotopic (exact) mass is 396 g/mol. The molecule has 0 bridgehead atoms. The highest BCUT2D eigenvalue weighted by atomic mass is 32.1. The van der Waals surface area contributed by atoms with Gasteiger partial charge in [0.05, 0.1) is 17.9 Å². The minimum absolute atomic E-state index is 0.0737. The summed E-state index contributed by atoms with van der Waals surface area (Å²) in [6.07, 6.45) is 1.45. The van der Waals surface area contributed by atoms with Gasteiger partial charge in [-0.2, -0.15) is 0 Å². The summed E-state index contributed by atoms with van der Waals surface area (Å²) >= 11 is 5.14. The van der Waals surface area contributed by atoms with Crippen LogP contribution in [0.3, 0.4) is 0 Å². The third-order valence-corrected chi connectivity index (χ3v) is 4.28. The minimum atomic E-state index is -1.08. The minimum Gasteiger partial charge on any atom is -0.493 e. The smallest absolute Gasteiger partial charge is 0.335 e. The second-order valence-corrected chi connectivity index (χ2v) is 6.17. The van der Waals surface area contributed by atoms with E-state index in [0.29, 0.717) is 23.6 Å². The maximum Gasteiger partial charge on any atom is 0.335 e. The van der Waals surface area contributed by atoms with Crippen molar-refractivity contribution in [3.8, 4) is 5.75 Å². The Bertz CT molecular complexity index is 998. The summed E-state index contributed by atoms with van der Waals surface area (Å²) < 4.78 is 5.53. The Kier molecular flexibility index (Phi) is 5.51. The zero-order chi connectivity index (χ0) is 20.3. The van der Waals surface area contributed by atoms with E-state index in [1.807, 2.05) is 6.92 Å². The van der Waals surface area contributed by atoms with Crippen LogP contribution in [0.15, 0.2) is 54.1 Å². The fourth-order valence-electron chi connectivity index (χ4n) is 2.69. The lowest BCUT2D eigenvalue weighted by molar-refractivity contribution is -0.122. The van der Waals surface area contributed by atoms with Crippen molar-refractivity contribution in [2.45, 2.75) is 6.92 Å². The SMILES string of the molecule is CCOc1ccccc1/C=C1\C(=O)NC(=S)N(c2ccc(C(=O)O)cc2)C1=O. The van der Waals surface area contributed by atoms with Crippen LogP contribution in [0.5, 0.6) is 5.75 Å². The van der Waals surface area contributed by atoms with E-state index in [1.54, 1.807) is 24.3 Å². The van der Waals surface area contributed by atoms with E-state index in [1.165, 1.54) is 30.3 Å². The Morgan fingerprint density at radius 1 is 1.18 bits per heavy atom. The van der Waals surface area contributed by atoms with Crippen molar-refractivity contribution in [3.05, 3.63) is 65.2 Å². The van der Waals surface area contributed by atoms with Crippen molar-refractivity contribution in [1.82, 2.24) is 5.32 Å². The molecule has 142 valence electrons. The predicted octanol–water partition coefficient (Wildman–Crippen LogP) is 2.61. The number of para-hydroxylation sites is 1. The van der Waals surface area contributed by atoms with Crippen LogP contribution in [0, 0.1) is 0 Å². The summed E-state index contributed by atoms with van der Waals surface area (Å²) in [6.45, 7) is 2.27. The number of aromatic carboxylic acids is 1. The number of amides is 2. The standard InChI is InChI=1S/C20H16N2O5S/c1-2-27-16-6-4-3-5-13(16)11-15-17(23)21-20(28)22(18(15)24)14-9-7-12(8-10-14)19(25)26/h3-11H,2H2,1H3,(H,25,26)(H,21,23,28)/b15-11+. The number of thiocarbonyl (C=S) groups is 1. The molecule has 2 aromatic rings. The molecule has 1 saturated heterocycles. The molecule has 0 aliphatic carbocycles. The Labute approximate surface area is 166 Å². The lowest BCUT2D eigenvalue weighted by atomic mass is 10.1. The van der Waals surface area contributed by atoms with E-state index in [-0.39, 0.29) is 16.2 Å². The maximum atomic E-state index is 13.0. The molecule has 1 aliphatic heterocycles. The van der Waals surface area contributed by atoms with Gasteiger partial charge in [0.25, 0.3) is 11.8 Å². The van der Waals surface area contributed by atoms with Gasteiger partial charge in [0.15, 0.2) is 5.11 Å². The molecular formula is C20H16N2O5S. The first-order valence-electron chi connectivity index (χ1n) is 8.39. The average molecular weight is 396 g/mol. The molecule has 0 spiro atoms. The first-order valence-corrected chi connectivity index (χ1v) is 8.80. The van der Waals surface area contributed by atoms with Gasteiger partial charge in [0.1, 0.15) is 11.3 Å². The summed E-state index contributed by atoms with van der Waals surface area (Å²) in [5, 5.41) is 11.4. The molecule has 0 radical (unpaired) electrons. The van der Waals surface area contributed by atoms with Crippen molar-refractivity contribution in [2.75, 3.05) is 11.5 Å². The first kappa shape index (κ1) is 19.2. The van der Waals surface area contributed by atoms with Crippen LogP contribution in [-0.2, 0) is 9.59 Å². The Morgan fingerprint density at radius 2 is 1.86 bits per heavy atom. The second-order valence-electron chi connectivity index (χ2n) is 5.78. The van der Waals surface area contributed by atoms with Gasteiger partial charge < -0.3 is 9.84 Å². The van der Waals surface area contributed by atoms with Crippen molar-refractivity contribution in [2.24, 2.45) is 0 Å². The van der Waals surface area contributed by atoms with Crippen LogP contribution in [0.25, 0.3) is 6.08 Å². The van der Waals surface area contributed by atoms with Crippen LogP contribution in [-0.4, -0.2) is 34.6 Å². The van der Waals surface area contributed by atoms with Gasteiger partial charge in [-0.3, -0.25) is 19.8 Å². The van der Waals surface area contributed by atoms with Crippen LogP contribution in [0.1, 0.15) is 22.8 Å². The molecule has 7 nitrogen and oxygen atoms in total. The summed E-state index contributed by atoms with van der Waals surface area (Å²) in [5.74, 6) is -1.76. The van der Waals surface area contributed by atoms with Gasteiger partial charge in [-0.05, 0) is 55.5 Å². The number of nitrogens with one attached hydrogen (secondary N) is 1. The summed E-state index contributed by atoms with van der Waals surface area (Å²) in [5.41, 5.74) is 0.897. The summed E-state index contributed by atoms with van der Waals surface area (Å²) in [6, 6.07) is 12.7. The molecule has 2 amide bonds. The van der Waals surface area contributed by atoms with Crippen molar-refractivity contribution in [3.63, 3.8) is 0 Å². The highest BCUT2D eigenvalue weighted by Gasteiger charge is 2.34. The largest absolute Gasteiger partial charge is 0.493 e. The van der Waals surface area contributed by atoms with E-state index < -0.39 is 17.8 Å². The second kappa shape index (κ2) is 8.01. The number of carboxylic acids is 1. The number of anilines is 1. The molecule has 1 fully saturated rings. The Balaban J connectivity index is 2.00. The maximum absolute atomic E-state index is 13.0. The molecule has 0 saturated carbocycles. The third kappa shape index (κ3) is 3.77. The number of nitrogens with zero attached hydrogens (tertiary/aromatic N) is 1. The molecule has 2 N–H and O–H groups in total. The van der Waals surface area contributed by atoms with Gasteiger partial charge in [-0.25, -0.2) is 4.79 Å². The van der Waals surface area contributed by atoms with Crippen molar-refractivity contribution >= 4 is 46.9 Å². The van der Waals surface area contributed by atoms with E-state index in [0.717, 1.165) is 4.90 Å². The van der Waals surface area contributed by atoms with Crippen LogP contribution < -0.4 is 15.0 Å². The van der Waals surface area contributed by atoms with Gasteiger partial charge in [0, 0.05) is 5.56 Å². The fourth-order valence-corrected chi connectivity index (χ4v) is 2.97. The predicted molar refractivity (Wildman–Crippen MR) is 107 cm³/mol. The number of hydrogen-bond donors (Lipinski definition) is 2. The third-order valence-electron chi connectivity index (χ3n) is 3.99. The lowest BCUT2D eigenvalue weighted by Gasteiger charge is -2.29. The molecule has 8 heteroatoms. The number of benzene rings is 2. The molecule has 1 heterocycles. The summed E-state index contributed by atoms with van der Waals surface area (Å²) in [4.78, 5) is 37.5. The number of hydrogen-bond acceptors (Lipinski definition) is 5. The van der Waals surface area contributed by atoms with E-state index in [9.17, 15) is 14.4 Å². The molecule has 28 heavy (non-hydrogen) atoms. The fraction of sp³-hybridized carbons (Fsp3) is 0.100. The van der Waals surface area contributed by atoms with Gasteiger partial charge in [-0.15, -0.1) is 0 Å². The number of carbonyl (C=O) groups is 3. The Morgan fingerprint density at radius 3 is 2.50 bits per heavy atom. The zero-order valence-corrected chi connectivity index (χ0v) is 15.7. The lowest BCUT2D eigenvalue weighted by Crippen LogP contribution is -2.54. The topological polar surface area (TPSA) is 95.9 Å². The summed E-state index contributed by atoms with van der Waals surface area (Å²) in [7, 11) is 0. The highest BCUT2D eigenvalue weighted by molar-refractivity contribution is 7.80. The normalized spacial score (nSPS) is 15.5. The van der Waals surface area contributed by atoms with Crippen molar-refractivity contribution < 1.29 is 24.2 Å². The molecular weight excluding hydrogens is 380 g/mol. The highest BCUT2D eigenvalue weighted by Crippen LogP contribution is 2.25. The number of carboxylic acid groups (broad SMARTS) is 1. The molecule has 2 aromatic carbocycles. The molecule has 0 atom stereocenters. The number of carbonyl (C=O) groups excluding carboxylic acids is 2. The van der Waals surface area contributed by atoms with Crippen LogP contribution in [0.2, 0.25) is 0 Å². The van der Waals surface area contributed by atoms with E-state index >= 15 is 0 Å². The van der Waals surface area contributed by atoms with E-state index in [2.05, 4.69) is 5.32 Å². The molecule has 0 unspecified atom stereocenters. The van der Waals surface area contributed by atoms with Gasteiger partial charge in [0.2, 0.25) is 0 Å². The number of ether oxygens (including phenoxy) is 1. The quantitative estimate of drug-likeness (QED) is 0.458. The molecule has 3 rings (SSSR count).